The van der Waals surface area contributed by atoms with E-state index in [-0.39, 0.29) is 0 Å². The molecule has 1 aliphatic rings. The van der Waals surface area contributed by atoms with Gasteiger partial charge in [-0.1, -0.05) is 35.9 Å². The van der Waals surface area contributed by atoms with E-state index in [1.807, 2.05) is 0 Å². The molecular formula is C15H17N3. The van der Waals surface area contributed by atoms with Crippen molar-refractivity contribution in [2.75, 3.05) is 17.2 Å². The van der Waals surface area contributed by atoms with Crippen LogP contribution in [0.5, 0.6) is 0 Å². The van der Waals surface area contributed by atoms with E-state index in [0.717, 1.165) is 31.1 Å². The maximum absolute atomic E-state index is 4.56. The first kappa shape index (κ1) is 11.1. The van der Waals surface area contributed by atoms with E-state index in [1.54, 1.807) is 0 Å². The highest BCUT2D eigenvalue weighted by atomic mass is 15.1. The van der Waals surface area contributed by atoms with E-state index in [1.165, 1.54) is 16.7 Å². The third kappa shape index (κ3) is 2.30. The van der Waals surface area contributed by atoms with Gasteiger partial charge in [0.2, 0.25) is 0 Å². The van der Waals surface area contributed by atoms with Crippen molar-refractivity contribution in [1.82, 2.24) is 4.98 Å². The van der Waals surface area contributed by atoms with Gasteiger partial charge in [0.1, 0.15) is 11.6 Å². The highest BCUT2D eigenvalue weighted by Crippen LogP contribution is 2.21. The van der Waals surface area contributed by atoms with Crippen molar-refractivity contribution in [1.29, 1.82) is 0 Å². The van der Waals surface area contributed by atoms with Crippen LogP contribution in [0, 0.1) is 6.92 Å². The molecule has 1 aliphatic heterocycles. The third-order valence-electron chi connectivity index (χ3n) is 3.26. The summed E-state index contributed by atoms with van der Waals surface area (Å²) in [4.78, 5) is 4.56. The summed E-state index contributed by atoms with van der Waals surface area (Å²) >= 11 is 0. The Bertz CT molecular complexity index is 546. The van der Waals surface area contributed by atoms with Crippen LogP contribution in [0.3, 0.4) is 0 Å². The summed E-state index contributed by atoms with van der Waals surface area (Å²) in [6, 6.07) is 12.8. The van der Waals surface area contributed by atoms with Gasteiger partial charge in [-0.25, -0.2) is 4.98 Å². The monoisotopic (exact) mass is 239 g/mol. The minimum absolute atomic E-state index is 0.812. The number of pyridine rings is 1. The Balaban J connectivity index is 1.68. The van der Waals surface area contributed by atoms with E-state index in [9.17, 15) is 0 Å². The lowest BCUT2D eigenvalue weighted by molar-refractivity contribution is 1.10. The number of hydrogen-bond donors (Lipinski definition) is 2. The number of nitrogens with one attached hydrogen (secondary N) is 2. The number of fused-ring (bicyclic) bond motifs is 1. The zero-order valence-electron chi connectivity index (χ0n) is 10.5. The van der Waals surface area contributed by atoms with Crippen LogP contribution in [0.15, 0.2) is 36.4 Å². The van der Waals surface area contributed by atoms with Crippen LogP contribution in [-0.2, 0) is 13.0 Å². The summed E-state index contributed by atoms with van der Waals surface area (Å²) in [7, 11) is 0. The van der Waals surface area contributed by atoms with Gasteiger partial charge in [-0.3, -0.25) is 0 Å². The Kier molecular flexibility index (Phi) is 2.89. The third-order valence-corrected chi connectivity index (χ3v) is 3.26. The molecule has 0 saturated heterocycles. The minimum atomic E-state index is 0.812. The van der Waals surface area contributed by atoms with Gasteiger partial charge in [-0.2, -0.15) is 0 Å². The predicted molar refractivity (Wildman–Crippen MR) is 74.9 cm³/mol. The Morgan fingerprint density at radius 3 is 2.83 bits per heavy atom. The summed E-state index contributed by atoms with van der Waals surface area (Å²) in [5.74, 6) is 1.97. The van der Waals surface area contributed by atoms with Crippen molar-refractivity contribution in [3.8, 4) is 0 Å². The normalized spacial score (nSPS) is 12.9. The van der Waals surface area contributed by atoms with Crippen LogP contribution >= 0.6 is 0 Å². The average molecular weight is 239 g/mol. The van der Waals surface area contributed by atoms with Gasteiger partial charge in [-0.15, -0.1) is 0 Å². The maximum atomic E-state index is 4.56. The predicted octanol–water partition coefficient (Wildman–Crippen LogP) is 2.97. The molecule has 0 aliphatic carbocycles. The summed E-state index contributed by atoms with van der Waals surface area (Å²) < 4.78 is 0. The van der Waals surface area contributed by atoms with E-state index < -0.39 is 0 Å². The second kappa shape index (κ2) is 4.69. The molecule has 0 spiro atoms. The molecule has 0 saturated carbocycles. The lowest BCUT2D eigenvalue weighted by Gasteiger charge is -2.07. The van der Waals surface area contributed by atoms with Crippen LogP contribution in [0.1, 0.15) is 16.7 Å². The molecule has 2 N–H and O–H groups in total. The minimum Gasteiger partial charge on any atom is -0.369 e. The molecule has 0 radical (unpaired) electrons. The van der Waals surface area contributed by atoms with Crippen molar-refractivity contribution < 1.29 is 0 Å². The van der Waals surface area contributed by atoms with Crippen LogP contribution in [0.4, 0.5) is 11.6 Å². The number of hydrogen-bond acceptors (Lipinski definition) is 3. The Morgan fingerprint density at radius 2 is 2.00 bits per heavy atom. The smallest absolute Gasteiger partial charge is 0.131 e. The Hall–Kier alpha value is -2.03. The Morgan fingerprint density at radius 1 is 1.17 bits per heavy atom. The van der Waals surface area contributed by atoms with Crippen molar-refractivity contribution in [2.45, 2.75) is 19.9 Å². The molecule has 2 heterocycles. The lowest BCUT2D eigenvalue weighted by Crippen LogP contribution is -2.02. The quantitative estimate of drug-likeness (QED) is 0.864. The van der Waals surface area contributed by atoms with Crippen molar-refractivity contribution in [3.05, 3.63) is 53.1 Å². The molecule has 0 bridgehead atoms. The number of aryl methyl sites for hydroxylation is 1. The fourth-order valence-corrected chi connectivity index (χ4v) is 2.16. The molecule has 18 heavy (non-hydrogen) atoms. The van der Waals surface area contributed by atoms with Crippen LogP contribution < -0.4 is 10.6 Å². The van der Waals surface area contributed by atoms with Crippen molar-refractivity contribution >= 4 is 11.6 Å². The second-order valence-electron chi connectivity index (χ2n) is 4.72. The molecule has 1 aromatic heterocycles. The molecular weight excluding hydrogens is 222 g/mol. The first-order valence-corrected chi connectivity index (χ1v) is 6.34. The van der Waals surface area contributed by atoms with Crippen molar-refractivity contribution in [3.63, 3.8) is 0 Å². The molecule has 1 aromatic carbocycles. The molecule has 0 atom stereocenters. The molecule has 2 aromatic rings. The molecule has 0 fully saturated rings. The topological polar surface area (TPSA) is 37.0 Å². The number of rotatable bonds is 3. The van der Waals surface area contributed by atoms with Crippen molar-refractivity contribution in [2.24, 2.45) is 0 Å². The van der Waals surface area contributed by atoms with Gasteiger partial charge >= 0.3 is 0 Å². The molecule has 3 rings (SSSR count). The second-order valence-corrected chi connectivity index (χ2v) is 4.72. The van der Waals surface area contributed by atoms with E-state index in [4.69, 9.17) is 0 Å². The van der Waals surface area contributed by atoms with Crippen LogP contribution in [0.2, 0.25) is 0 Å². The summed E-state index contributed by atoms with van der Waals surface area (Å²) in [5.41, 5.74) is 3.88. The fraction of sp³-hybridized carbons (Fsp3) is 0.267. The van der Waals surface area contributed by atoms with Gasteiger partial charge in [0.05, 0.1) is 0 Å². The Labute approximate surface area is 107 Å². The van der Waals surface area contributed by atoms with Crippen LogP contribution in [0.25, 0.3) is 0 Å². The zero-order valence-corrected chi connectivity index (χ0v) is 10.5. The van der Waals surface area contributed by atoms with Gasteiger partial charge in [0.25, 0.3) is 0 Å². The van der Waals surface area contributed by atoms with E-state index in [0.29, 0.717) is 0 Å². The molecule has 0 amide bonds. The van der Waals surface area contributed by atoms with E-state index in [2.05, 4.69) is 58.9 Å². The van der Waals surface area contributed by atoms with Gasteiger partial charge in [-0.05, 0) is 30.5 Å². The summed E-state index contributed by atoms with van der Waals surface area (Å²) in [5, 5.41) is 6.65. The number of aromatic nitrogens is 1. The number of benzene rings is 1. The van der Waals surface area contributed by atoms with Gasteiger partial charge in [0.15, 0.2) is 0 Å². The summed E-state index contributed by atoms with van der Waals surface area (Å²) in [6.45, 7) is 3.92. The highest BCUT2D eigenvalue weighted by molar-refractivity contribution is 5.54. The SMILES string of the molecule is Cc1ccc(CNc2ccc3c(n2)NCC3)cc1. The molecule has 3 heteroatoms. The maximum Gasteiger partial charge on any atom is 0.131 e. The largest absolute Gasteiger partial charge is 0.369 e. The first-order valence-electron chi connectivity index (χ1n) is 6.34. The standard InChI is InChI=1S/C15H17N3/c1-11-2-4-12(5-3-11)10-17-14-7-6-13-8-9-16-15(13)18-14/h2-7H,8-10H2,1H3,(H2,16,17,18). The summed E-state index contributed by atoms with van der Waals surface area (Å²) in [6.07, 6.45) is 1.08. The lowest BCUT2D eigenvalue weighted by atomic mass is 10.1. The fourth-order valence-electron chi connectivity index (χ4n) is 2.16. The van der Waals surface area contributed by atoms with Gasteiger partial charge < -0.3 is 10.6 Å². The van der Waals surface area contributed by atoms with Gasteiger partial charge in [0, 0.05) is 13.1 Å². The average Bonchev–Trinajstić information content (AvgIpc) is 2.85. The molecule has 3 nitrogen and oxygen atoms in total. The van der Waals surface area contributed by atoms with Crippen LogP contribution in [-0.4, -0.2) is 11.5 Å². The van der Waals surface area contributed by atoms with E-state index >= 15 is 0 Å². The highest BCUT2D eigenvalue weighted by Gasteiger charge is 2.11. The number of anilines is 2. The zero-order chi connectivity index (χ0) is 12.4. The first-order chi connectivity index (χ1) is 8.81. The molecule has 92 valence electrons. The number of nitrogens with zero attached hydrogens (tertiary/aromatic N) is 1. The molecule has 0 unspecified atom stereocenters.